The molecule has 3 unspecified atom stereocenters. The zero-order valence-electron chi connectivity index (χ0n) is 12.1. The number of carbonyl (C=O) groups is 1. The minimum atomic E-state index is -0.654. The van der Waals surface area contributed by atoms with Crippen LogP contribution in [0.15, 0.2) is 24.3 Å². The second kappa shape index (κ2) is 5.57. The Labute approximate surface area is 120 Å². The Balaban J connectivity index is 1.77. The van der Waals surface area contributed by atoms with E-state index in [4.69, 9.17) is 0 Å². The molecule has 1 heterocycles. The first-order valence-corrected chi connectivity index (χ1v) is 7.71. The van der Waals surface area contributed by atoms with Crippen molar-refractivity contribution in [2.45, 2.75) is 44.6 Å². The Kier molecular flexibility index (Phi) is 3.79. The highest BCUT2D eigenvalue weighted by Gasteiger charge is 2.38. The summed E-state index contributed by atoms with van der Waals surface area (Å²) in [6.07, 6.45) is 4.59. The van der Waals surface area contributed by atoms with Crippen molar-refractivity contribution in [3.8, 4) is 0 Å². The van der Waals surface area contributed by atoms with Crippen LogP contribution in [0.3, 0.4) is 0 Å². The summed E-state index contributed by atoms with van der Waals surface area (Å²) >= 11 is 0. The number of rotatable bonds is 3. The maximum absolute atomic E-state index is 11.5. The molecule has 1 aromatic carbocycles. The summed E-state index contributed by atoms with van der Waals surface area (Å²) in [5.41, 5.74) is 2.91. The van der Waals surface area contributed by atoms with Gasteiger partial charge in [0, 0.05) is 6.54 Å². The van der Waals surface area contributed by atoms with Crippen molar-refractivity contribution in [2.24, 2.45) is 5.92 Å². The minimum absolute atomic E-state index is 0.270. The number of aryl methyl sites for hydroxylation is 1. The predicted molar refractivity (Wildman–Crippen MR) is 78.9 cm³/mol. The Bertz CT molecular complexity index is 500. The molecule has 1 N–H and O–H groups in total. The number of nitrogens with zero attached hydrogens (tertiary/aromatic N) is 1. The first-order valence-electron chi connectivity index (χ1n) is 7.71. The number of carboxylic acids is 1. The summed E-state index contributed by atoms with van der Waals surface area (Å²) in [6, 6.07) is 8.39. The molecule has 1 aromatic rings. The maximum Gasteiger partial charge on any atom is 0.321 e. The molecular weight excluding hydrogens is 250 g/mol. The van der Waals surface area contributed by atoms with Crippen LogP contribution in [0.5, 0.6) is 0 Å². The molecule has 1 fully saturated rings. The van der Waals surface area contributed by atoms with Crippen LogP contribution in [-0.4, -0.2) is 35.1 Å². The summed E-state index contributed by atoms with van der Waals surface area (Å²) in [7, 11) is 0. The number of benzene rings is 1. The van der Waals surface area contributed by atoms with Gasteiger partial charge in [0.2, 0.25) is 0 Å². The average Bonchev–Trinajstić information content (AvgIpc) is 2.80. The second-order valence-electron chi connectivity index (χ2n) is 6.33. The van der Waals surface area contributed by atoms with Gasteiger partial charge in [0.05, 0.1) is 0 Å². The third kappa shape index (κ3) is 2.47. The van der Waals surface area contributed by atoms with Crippen LogP contribution in [0.25, 0.3) is 0 Å². The molecule has 0 saturated carbocycles. The number of fused-ring (bicyclic) bond motifs is 1. The molecule has 20 heavy (non-hydrogen) atoms. The van der Waals surface area contributed by atoms with E-state index in [0.29, 0.717) is 5.92 Å². The fourth-order valence-electron chi connectivity index (χ4n) is 3.96. The first-order chi connectivity index (χ1) is 9.66. The van der Waals surface area contributed by atoms with Crippen LogP contribution in [0.1, 0.15) is 43.2 Å². The smallest absolute Gasteiger partial charge is 0.321 e. The van der Waals surface area contributed by atoms with E-state index < -0.39 is 5.97 Å². The molecule has 0 amide bonds. The lowest BCUT2D eigenvalue weighted by molar-refractivity contribution is -0.143. The van der Waals surface area contributed by atoms with Crippen molar-refractivity contribution in [1.29, 1.82) is 0 Å². The van der Waals surface area contributed by atoms with Crippen molar-refractivity contribution in [2.75, 3.05) is 13.1 Å². The van der Waals surface area contributed by atoms with E-state index in [1.807, 2.05) is 0 Å². The van der Waals surface area contributed by atoms with E-state index in [0.717, 1.165) is 19.5 Å². The molecule has 0 bridgehead atoms. The van der Waals surface area contributed by atoms with Gasteiger partial charge in [0.25, 0.3) is 0 Å². The van der Waals surface area contributed by atoms with Gasteiger partial charge in [0.1, 0.15) is 6.04 Å². The molecule has 108 valence electrons. The van der Waals surface area contributed by atoms with Crippen LogP contribution in [0.2, 0.25) is 0 Å². The Morgan fingerprint density at radius 3 is 2.95 bits per heavy atom. The van der Waals surface area contributed by atoms with Gasteiger partial charge in [0.15, 0.2) is 0 Å². The number of hydrogen-bond donors (Lipinski definition) is 1. The van der Waals surface area contributed by atoms with Crippen LogP contribution in [0, 0.1) is 5.92 Å². The highest BCUT2D eigenvalue weighted by Crippen LogP contribution is 2.34. The molecule has 1 aliphatic heterocycles. The Morgan fingerprint density at radius 2 is 2.15 bits per heavy atom. The van der Waals surface area contributed by atoms with Gasteiger partial charge in [-0.1, -0.05) is 31.2 Å². The van der Waals surface area contributed by atoms with E-state index in [-0.39, 0.29) is 12.0 Å². The summed E-state index contributed by atoms with van der Waals surface area (Å²) in [5, 5.41) is 9.44. The van der Waals surface area contributed by atoms with E-state index in [1.54, 1.807) is 0 Å². The van der Waals surface area contributed by atoms with Gasteiger partial charge in [-0.25, -0.2) is 0 Å². The zero-order chi connectivity index (χ0) is 14.1. The van der Waals surface area contributed by atoms with Crippen molar-refractivity contribution < 1.29 is 9.90 Å². The third-order valence-electron chi connectivity index (χ3n) is 5.01. The highest BCUT2D eigenvalue weighted by molar-refractivity contribution is 5.74. The van der Waals surface area contributed by atoms with E-state index in [1.165, 1.54) is 30.4 Å². The number of aliphatic carboxylic acids is 1. The molecule has 1 saturated heterocycles. The van der Waals surface area contributed by atoms with Crippen LogP contribution < -0.4 is 0 Å². The summed E-state index contributed by atoms with van der Waals surface area (Å²) in [4.78, 5) is 13.7. The first kappa shape index (κ1) is 13.6. The lowest BCUT2D eigenvalue weighted by Crippen LogP contribution is -2.41. The van der Waals surface area contributed by atoms with Crippen LogP contribution >= 0.6 is 0 Å². The molecule has 3 atom stereocenters. The molecular formula is C17H23NO2. The fraction of sp³-hybridized carbons (Fsp3) is 0.588. The summed E-state index contributed by atoms with van der Waals surface area (Å²) in [5.74, 6) is 0.123. The monoisotopic (exact) mass is 273 g/mol. The van der Waals surface area contributed by atoms with E-state index >= 15 is 0 Å². The topological polar surface area (TPSA) is 40.5 Å². The summed E-state index contributed by atoms with van der Waals surface area (Å²) in [6.45, 7) is 3.89. The standard InChI is InChI=1S/C17H23NO2/c1-12-9-10-18(16(12)17(19)20)11-14-7-4-6-13-5-2-3-8-15(13)14/h2-3,5,8,12,14,16H,4,6-7,9-11H2,1H3,(H,19,20). The van der Waals surface area contributed by atoms with Crippen LogP contribution in [0.4, 0.5) is 0 Å². The van der Waals surface area contributed by atoms with Crippen molar-refractivity contribution >= 4 is 5.97 Å². The molecule has 0 aromatic heterocycles. The molecule has 1 aliphatic carbocycles. The van der Waals surface area contributed by atoms with Crippen LogP contribution in [-0.2, 0) is 11.2 Å². The molecule has 3 rings (SSSR count). The van der Waals surface area contributed by atoms with Gasteiger partial charge in [-0.2, -0.15) is 0 Å². The largest absolute Gasteiger partial charge is 0.480 e. The van der Waals surface area contributed by atoms with Gasteiger partial charge in [-0.05, 0) is 55.2 Å². The number of likely N-dealkylation sites (tertiary alicyclic amines) is 1. The van der Waals surface area contributed by atoms with E-state index in [2.05, 4.69) is 36.1 Å². The fourth-order valence-corrected chi connectivity index (χ4v) is 3.96. The quantitative estimate of drug-likeness (QED) is 0.920. The highest BCUT2D eigenvalue weighted by atomic mass is 16.4. The van der Waals surface area contributed by atoms with Crippen molar-refractivity contribution in [1.82, 2.24) is 4.90 Å². The van der Waals surface area contributed by atoms with Gasteiger partial charge >= 0.3 is 5.97 Å². The maximum atomic E-state index is 11.5. The molecule has 2 aliphatic rings. The van der Waals surface area contributed by atoms with Gasteiger partial charge in [-0.15, -0.1) is 0 Å². The Morgan fingerprint density at radius 1 is 1.35 bits per heavy atom. The lowest BCUT2D eigenvalue weighted by Gasteiger charge is -2.31. The van der Waals surface area contributed by atoms with Gasteiger partial charge in [-0.3, -0.25) is 9.69 Å². The molecule has 0 radical (unpaired) electrons. The molecule has 0 spiro atoms. The van der Waals surface area contributed by atoms with Crippen molar-refractivity contribution in [3.63, 3.8) is 0 Å². The van der Waals surface area contributed by atoms with E-state index in [9.17, 15) is 9.90 Å². The molecule has 3 heteroatoms. The molecule has 3 nitrogen and oxygen atoms in total. The SMILES string of the molecule is CC1CCN(CC2CCCc3ccccc32)C1C(=O)O. The second-order valence-corrected chi connectivity index (χ2v) is 6.33. The Hall–Kier alpha value is -1.35. The predicted octanol–water partition coefficient (Wildman–Crippen LogP) is 2.90. The van der Waals surface area contributed by atoms with Crippen molar-refractivity contribution in [3.05, 3.63) is 35.4 Å². The third-order valence-corrected chi connectivity index (χ3v) is 5.01. The van der Waals surface area contributed by atoms with Gasteiger partial charge < -0.3 is 5.11 Å². The zero-order valence-corrected chi connectivity index (χ0v) is 12.1. The average molecular weight is 273 g/mol. The lowest BCUT2D eigenvalue weighted by atomic mass is 9.82. The number of carboxylic acid groups (broad SMARTS) is 1. The normalized spacial score (nSPS) is 30.1. The minimum Gasteiger partial charge on any atom is -0.480 e. The summed E-state index contributed by atoms with van der Waals surface area (Å²) < 4.78 is 0. The number of hydrogen-bond acceptors (Lipinski definition) is 2.